The Kier molecular flexibility index (Phi) is 6.86. The van der Waals surface area contributed by atoms with Gasteiger partial charge in [0.15, 0.2) is 16.9 Å². The Balaban J connectivity index is 1.60. The molecule has 0 amide bonds. The van der Waals surface area contributed by atoms with Gasteiger partial charge in [-0.15, -0.1) is 13.2 Å². The van der Waals surface area contributed by atoms with E-state index in [9.17, 15) is 13.2 Å². The maximum Gasteiger partial charge on any atom is 0.573 e. The lowest BCUT2D eigenvalue weighted by Gasteiger charge is -2.13. The van der Waals surface area contributed by atoms with Gasteiger partial charge in [-0.3, -0.25) is 5.41 Å². The van der Waals surface area contributed by atoms with Crippen LogP contribution in [0.2, 0.25) is 0 Å². The second-order valence-corrected chi connectivity index (χ2v) is 8.61. The molecule has 5 aromatic rings. The van der Waals surface area contributed by atoms with Gasteiger partial charge in [-0.1, -0.05) is 36.4 Å². The number of nitrogen functional groups attached to an aromatic ring is 2. The van der Waals surface area contributed by atoms with Gasteiger partial charge in [0.1, 0.15) is 23.2 Å². The van der Waals surface area contributed by atoms with Crippen LogP contribution in [0.3, 0.4) is 0 Å². The number of fused-ring (bicyclic) bond motifs is 1. The van der Waals surface area contributed by atoms with Crippen molar-refractivity contribution in [3.05, 3.63) is 89.7 Å². The first kappa shape index (κ1) is 26.3. The molecule has 0 saturated carbocycles. The number of aromatic nitrogens is 4. The Hall–Kier alpha value is -5.33. The van der Waals surface area contributed by atoms with Crippen molar-refractivity contribution in [2.75, 3.05) is 5.73 Å². The standard InChI is InChI=1S/C27H22F3N7O3/c1-15-34-22-24(37(15)14-16-6-3-2-4-7-16)35-26(39-21-12-17(23(32)33)10-11-20(21)31)36-25(22)38-18-8-5-9-19(13-18)40-27(28,29)30/h2-13H,14,31H2,1H3,(H3,32,33). The Morgan fingerprint density at radius 3 is 2.40 bits per heavy atom. The van der Waals surface area contributed by atoms with E-state index in [1.165, 1.54) is 24.3 Å². The summed E-state index contributed by atoms with van der Waals surface area (Å²) < 4.78 is 55.9. The van der Waals surface area contributed by atoms with Crippen molar-refractivity contribution in [1.29, 1.82) is 5.41 Å². The fraction of sp³-hybridized carbons (Fsp3) is 0.111. The molecule has 5 N–H and O–H groups in total. The average molecular weight is 550 g/mol. The van der Waals surface area contributed by atoms with Gasteiger partial charge in [-0.2, -0.15) is 9.97 Å². The van der Waals surface area contributed by atoms with E-state index >= 15 is 0 Å². The molecule has 204 valence electrons. The minimum absolute atomic E-state index is 0.0149. The lowest BCUT2D eigenvalue weighted by Crippen LogP contribution is -2.17. The minimum atomic E-state index is -4.87. The molecule has 13 heteroatoms. The first-order valence-electron chi connectivity index (χ1n) is 11.8. The number of amidine groups is 1. The zero-order valence-corrected chi connectivity index (χ0v) is 20.9. The summed E-state index contributed by atoms with van der Waals surface area (Å²) in [6.45, 7) is 2.19. The molecular weight excluding hydrogens is 527 g/mol. The highest BCUT2D eigenvalue weighted by Gasteiger charge is 2.31. The van der Waals surface area contributed by atoms with Crippen molar-refractivity contribution < 1.29 is 27.4 Å². The van der Waals surface area contributed by atoms with Crippen molar-refractivity contribution in [3.63, 3.8) is 0 Å². The molecule has 0 radical (unpaired) electrons. The van der Waals surface area contributed by atoms with Crippen LogP contribution < -0.4 is 25.7 Å². The van der Waals surface area contributed by atoms with Crippen molar-refractivity contribution in [1.82, 2.24) is 19.5 Å². The highest BCUT2D eigenvalue weighted by molar-refractivity contribution is 5.95. The SMILES string of the molecule is Cc1nc2c(Oc3cccc(OC(F)(F)F)c3)nc(Oc3cc(C(=N)N)ccc3N)nc2n1Cc1ccccc1. The normalized spacial score (nSPS) is 11.4. The number of aryl methyl sites for hydroxylation is 1. The van der Waals surface area contributed by atoms with Gasteiger partial charge >= 0.3 is 12.4 Å². The van der Waals surface area contributed by atoms with Crippen molar-refractivity contribution in [3.8, 4) is 29.1 Å². The number of hydrogen-bond acceptors (Lipinski definition) is 8. The summed E-state index contributed by atoms with van der Waals surface area (Å²) in [7, 11) is 0. The number of nitrogens with zero attached hydrogens (tertiary/aromatic N) is 4. The molecule has 0 atom stereocenters. The van der Waals surface area contributed by atoms with E-state index in [2.05, 4.69) is 19.7 Å². The summed E-state index contributed by atoms with van der Waals surface area (Å²) in [6, 6.07) is 19.0. The van der Waals surface area contributed by atoms with E-state index in [4.69, 9.17) is 26.4 Å². The number of hydrogen-bond donors (Lipinski definition) is 3. The second-order valence-electron chi connectivity index (χ2n) is 8.61. The van der Waals surface area contributed by atoms with E-state index in [1.54, 1.807) is 13.0 Å². The summed E-state index contributed by atoms with van der Waals surface area (Å²) >= 11 is 0. The number of rotatable bonds is 8. The molecule has 0 spiro atoms. The number of halogens is 3. The molecule has 10 nitrogen and oxygen atoms in total. The molecule has 0 aliphatic rings. The summed E-state index contributed by atoms with van der Waals surface area (Å²) in [5, 5.41) is 7.70. The van der Waals surface area contributed by atoms with Crippen LogP contribution >= 0.6 is 0 Å². The lowest BCUT2D eigenvalue weighted by molar-refractivity contribution is -0.274. The molecule has 2 heterocycles. The van der Waals surface area contributed by atoms with Gasteiger partial charge in [0.25, 0.3) is 5.88 Å². The van der Waals surface area contributed by atoms with E-state index in [0.29, 0.717) is 23.6 Å². The third kappa shape index (κ3) is 5.88. The first-order chi connectivity index (χ1) is 19.1. The molecule has 2 aromatic heterocycles. The van der Waals surface area contributed by atoms with Gasteiger partial charge in [-0.25, -0.2) is 4.98 Å². The van der Waals surface area contributed by atoms with E-state index in [0.717, 1.165) is 17.7 Å². The Labute approximate surface area is 225 Å². The predicted octanol–water partition coefficient (Wildman–Crippen LogP) is 5.53. The Morgan fingerprint density at radius 2 is 1.68 bits per heavy atom. The smallest absolute Gasteiger partial charge is 0.437 e. The zero-order valence-electron chi connectivity index (χ0n) is 20.9. The van der Waals surface area contributed by atoms with Crippen molar-refractivity contribution in [2.45, 2.75) is 19.8 Å². The van der Waals surface area contributed by atoms with Gasteiger partial charge in [0.05, 0.1) is 12.2 Å². The van der Waals surface area contributed by atoms with Gasteiger partial charge in [-0.05, 0) is 42.8 Å². The maximum atomic E-state index is 12.8. The number of nitrogens with one attached hydrogen (secondary N) is 1. The molecule has 0 fully saturated rings. The summed E-state index contributed by atoms with van der Waals surface area (Å²) in [6.07, 6.45) is -4.87. The maximum absolute atomic E-state index is 12.8. The molecule has 0 unspecified atom stereocenters. The van der Waals surface area contributed by atoms with Crippen LogP contribution in [-0.4, -0.2) is 31.7 Å². The Morgan fingerprint density at radius 1 is 0.925 bits per heavy atom. The largest absolute Gasteiger partial charge is 0.573 e. The van der Waals surface area contributed by atoms with Crippen LogP contribution in [0.1, 0.15) is 17.0 Å². The van der Waals surface area contributed by atoms with Gasteiger partial charge < -0.3 is 30.2 Å². The first-order valence-corrected chi connectivity index (χ1v) is 11.8. The molecule has 0 aliphatic carbocycles. The summed E-state index contributed by atoms with van der Waals surface area (Å²) in [5.74, 6) is 0.0161. The highest BCUT2D eigenvalue weighted by Crippen LogP contribution is 2.34. The number of imidazole rings is 1. The highest BCUT2D eigenvalue weighted by atomic mass is 19.4. The number of nitrogens with two attached hydrogens (primary N) is 2. The quantitative estimate of drug-likeness (QED) is 0.130. The molecule has 0 aliphatic heterocycles. The molecule has 5 rings (SSSR count). The molecule has 40 heavy (non-hydrogen) atoms. The van der Waals surface area contributed by atoms with Crippen LogP contribution in [0.25, 0.3) is 11.2 Å². The Bertz CT molecular complexity index is 1710. The zero-order chi connectivity index (χ0) is 28.4. The summed E-state index contributed by atoms with van der Waals surface area (Å²) in [4.78, 5) is 13.4. The summed E-state index contributed by atoms with van der Waals surface area (Å²) in [5.41, 5.74) is 13.9. The number of ether oxygens (including phenoxy) is 3. The number of alkyl halides is 3. The van der Waals surface area contributed by atoms with Crippen LogP contribution in [0.4, 0.5) is 18.9 Å². The fourth-order valence-corrected chi connectivity index (χ4v) is 3.87. The molecular formula is C27H22F3N7O3. The number of benzene rings is 3. The van der Waals surface area contributed by atoms with Crippen molar-refractivity contribution in [2.24, 2.45) is 5.73 Å². The average Bonchev–Trinajstić information content (AvgIpc) is 3.20. The minimum Gasteiger partial charge on any atom is -0.437 e. The molecule has 0 bridgehead atoms. The molecule has 0 saturated heterocycles. The van der Waals surface area contributed by atoms with Gasteiger partial charge in [0.2, 0.25) is 0 Å². The topological polar surface area (TPSA) is 147 Å². The number of anilines is 1. The third-order valence-electron chi connectivity index (χ3n) is 5.70. The van der Waals surface area contributed by atoms with Crippen molar-refractivity contribution >= 4 is 22.7 Å². The predicted molar refractivity (Wildman–Crippen MR) is 141 cm³/mol. The van der Waals surface area contributed by atoms with E-state index in [1.807, 2.05) is 34.9 Å². The van der Waals surface area contributed by atoms with Crippen LogP contribution in [0.5, 0.6) is 29.1 Å². The third-order valence-corrected chi connectivity index (χ3v) is 5.70. The molecule has 3 aromatic carbocycles. The van der Waals surface area contributed by atoms with Crippen LogP contribution in [0, 0.1) is 12.3 Å². The van der Waals surface area contributed by atoms with Crippen LogP contribution in [-0.2, 0) is 6.54 Å². The monoisotopic (exact) mass is 549 g/mol. The second kappa shape index (κ2) is 10.4. The van der Waals surface area contributed by atoms with Crippen LogP contribution in [0.15, 0.2) is 72.8 Å². The fourth-order valence-electron chi connectivity index (χ4n) is 3.87. The van der Waals surface area contributed by atoms with E-state index in [-0.39, 0.29) is 40.4 Å². The lowest BCUT2D eigenvalue weighted by atomic mass is 10.2. The van der Waals surface area contributed by atoms with E-state index < -0.39 is 12.1 Å². The van der Waals surface area contributed by atoms with Gasteiger partial charge in [0, 0.05) is 11.6 Å².